The Labute approximate surface area is 150 Å². The van der Waals surface area contributed by atoms with E-state index in [1.165, 1.54) is 18.0 Å². The molecule has 0 radical (unpaired) electrons. The minimum absolute atomic E-state index is 0.168. The number of para-hydroxylation sites is 2. The molecule has 0 aliphatic carbocycles. The maximum atomic E-state index is 13.1. The maximum Gasteiger partial charge on any atom is 0.415 e. The molecule has 0 fully saturated rings. The number of nitrogens with zero attached hydrogens (tertiary/aromatic N) is 3. The van der Waals surface area contributed by atoms with Crippen LogP contribution in [0.15, 0.2) is 36.5 Å². The van der Waals surface area contributed by atoms with Gasteiger partial charge in [0.1, 0.15) is 11.4 Å². The van der Waals surface area contributed by atoms with Crippen molar-refractivity contribution < 1.29 is 26.9 Å². The molecule has 0 atom stereocenters. The number of aromatic nitrogens is 3. The molecule has 3 aromatic rings. The molecule has 9 heteroatoms. The fourth-order valence-electron chi connectivity index (χ4n) is 2.83. The molecule has 4 rings (SSSR count). The van der Waals surface area contributed by atoms with E-state index < -0.39 is 19.0 Å². The first-order valence-corrected chi connectivity index (χ1v) is 8.77. The third-order valence-electron chi connectivity index (χ3n) is 4.26. The second-order valence-electron chi connectivity index (χ2n) is 5.94. The monoisotopic (exact) mass is 384 g/mol. The van der Waals surface area contributed by atoms with Crippen molar-refractivity contribution in [2.75, 3.05) is 6.61 Å². The Morgan fingerprint density at radius 2 is 2.08 bits per heavy atom. The lowest BCUT2D eigenvalue weighted by Crippen LogP contribution is -2.41. The van der Waals surface area contributed by atoms with Crippen LogP contribution in [-0.4, -0.2) is 27.9 Å². The van der Waals surface area contributed by atoms with Gasteiger partial charge < -0.3 is 4.74 Å². The molecule has 0 spiro atoms. The highest BCUT2D eigenvalue weighted by molar-refractivity contribution is 7.97. The Hall–Kier alpha value is -2.29. The van der Waals surface area contributed by atoms with Crippen LogP contribution in [0, 0.1) is 6.92 Å². The van der Waals surface area contributed by atoms with Gasteiger partial charge in [-0.2, -0.15) is 12.8 Å². The summed E-state index contributed by atoms with van der Waals surface area (Å²) in [4.78, 5) is 4.62. The van der Waals surface area contributed by atoms with Gasteiger partial charge in [-0.15, -0.1) is 0 Å². The van der Waals surface area contributed by atoms with Crippen LogP contribution >= 0.6 is 11.9 Å². The minimum Gasteiger partial charge on any atom is -0.487 e. The number of benzene rings is 1. The van der Waals surface area contributed by atoms with Crippen LogP contribution in [0.3, 0.4) is 0 Å². The minimum atomic E-state index is -4.18. The number of pyridine rings is 1. The van der Waals surface area contributed by atoms with Crippen LogP contribution < -0.4 is 9.30 Å². The molecule has 0 unspecified atom stereocenters. The molecule has 1 aliphatic rings. The van der Waals surface area contributed by atoms with Crippen LogP contribution in [-0.2, 0) is 5.75 Å². The number of alkyl halides is 4. The number of rotatable bonds is 4. The van der Waals surface area contributed by atoms with Gasteiger partial charge in [0.2, 0.25) is 0 Å². The Kier molecular flexibility index (Phi) is 4.06. The van der Waals surface area contributed by atoms with Crippen molar-refractivity contribution in [1.29, 1.82) is 0 Å². The molecule has 0 N–H and O–H groups in total. The Bertz CT molecular complexity index is 990. The van der Waals surface area contributed by atoms with Gasteiger partial charge >= 0.3 is 18.3 Å². The van der Waals surface area contributed by atoms with Gasteiger partial charge in [-0.05, 0) is 19.1 Å². The summed E-state index contributed by atoms with van der Waals surface area (Å²) < 4.78 is 59.7. The van der Waals surface area contributed by atoms with Gasteiger partial charge in [-0.3, -0.25) is 0 Å². The first-order chi connectivity index (χ1) is 12.4. The molecule has 1 aliphatic heterocycles. The summed E-state index contributed by atoms with van der Waals surface area (Å²) in [5.41, 5.74) is 3.30. The highest BCUT2D eigenvalue weighted by Crippen LogP contribution is 2.32. The third-order valence-corrected chi connectivity index (χ3v) is 5.28. The number of ether oxygens (including phenoxy) is 1. The molecule has 4 nitrogen and oxygen atoms in total. The number of imidazole rings is 1. The van der Waals surface area contributed by atoms with Crippen LogP contribution in [0.4, 0.5) is 17.6 Å². The van der Waals surface area contributed by atoms with Crippen molar-refractivity contribution in [1.82, 2.24) is 8.96 Å². The SMILES string of the molecule is Cc1c(OCC(F)(F)C(F)F)cc[n+]2c1CSn1c-2nc2ccccc21. The largest absolute Gasteiger partial charge is 0.487 e. The first-order valence-electron chi connectivity index (χ1n) is 7.82. The van der Waals surface area contributed by atoms with Crippen molar-refractivity contribution in [3.8, 4) is 11.7 Å². The van der Waals surface area contributed by atoms with Gasteiger partial charge in [0.05, 0.1) is 11.9 Å². The highest BCUT2D eigenvalue weighted by atomic mass is 32.2. The van der Waals surface area contributed by atoms with E-state index >= 15 is 0 Å². The molecule has 1 aromatic carbocycles. The fraction of sp³-hybridized carbons (Fsp3) is 0.294. The Morgan fingerprint density at radius 3 is 2.85 bits per heavy atom. The van der Waals surface area contributed by atoms with E-state index in [9.17, 15) is 17.6 Å². The molecule has 26 heavy (non-hydrogen) atoms. The number of halogens is 4. The summed E-state index contributed by atoms with van der Waals surface area (Å²) in [5.74, 6) is -2.74. The van der Waals surface area contributed by atoms with Gasteiger partial charge in [-0.1, -0.05) is 17.1 Å². The van der Waals surface area contributed by atoms with E-state index in [4.69, 9.17) is 4.74 Å². The van der Waals surface area contributed by atoms with E-state index in [1.807, 2.05) is 32.8 Å². The van der Waals surface area contributed by atoms with E-state index in [-0.39, 0.29) is 5.75 Å². The average molecular weight is 384 g/mol. The first kappa shape index (κ1) is 17.1. The van der Waals surface area contributed by atoms with Crippen LogP contribution in [0.25, 0.3) is 17.0 Å². The Balaban J connectivity index is 1.70. The van der Waals surface area contributed by atoms with Crippen molar-refractivity contribution in [3.05, 3.63) is 47.8 Å². The van der Waals surface area contributed by atoms with Crippen molar-refractivity contribution >= 4 is 23.0 Å². The third kappa shape index (κ3) is 2.70. The molecule has 2 aromatic heterocycles. The molecule has 0 saturated heterocycles. The van der Waals surface area contributed by atoms with E-state index in [0.717, 1.165) is 16.7 Å². The van der Waals surface area contributed by atoms with Gasteiger partial charge in [-0.25, -0.2) is 13.3 Å². The molecule has 136 valence electrons. The molecule has 0 amide bonds. The lowest BCUT2D eigenvalue weighted by molar-refractivity contribution is -0.612. The van der Waals surface area contributed by atoms with Crippen molar-refractivity contribution in [2.45, 2.75) is 25.0 Å². The van der Waals surface area contributed by atoms with Gasteiger partial charge in [0.25, 0.3) is 0 Å². The van der Waals surface area contributed by atoms with Crippen molar-refractivity contribution in [3.63, 3.8) is 0 Å². The van der Waals surface area contributed by atoms with Crippen LogP contribution in [0.2, 0.25) is 0 Å². The summed E-state index contributed by atoms with van der Waals surface area (Å²) in [6.45, 7) is 0.362. The average Bonchev–Trinajstić information content (AvgIpc) is 3.00. The molecule has 0 saturated carbocycles. The standard InChI is InChI=1S/C17H14F4N3OS/c1-10-13-8-26-24-12-5-3-2-4-11(12)22-16(24)23(13)7-6-14(10)25-9-17(20,21)15(18)19/h2-7,15H,8-9H2,1H3/q+1. The summed E-state index contributed by atoms with van der Waals surface area (Å²) in [7, 11) is 0. The predicted octanol–water partition coefficient (Wildman–Crippen LogP) is 3.91. The summed E-state index contributed by atoms with van der Waals surface area (Å²) in [5, 5.41) is 0. The van der Waals surface area contributed by atoms with Crippen LogP contribution in [0.5, 0.6) is 5.75 Å². The fourth-order valence-corrected chi connectivity index (χ4v) is 3.98. The molecule has 0 bridgehead atoms. The molecular formula is C17H14F4N3OS+. The second-order valence-corrected chi connectivity index (χ2v) is 6.85. The number of hydrogen-bond donors (Lipinski definition) is 0. The lowest BCUT2D eigenvalue weighted by Gasteiger charge is -2.20. The summed E-state index contributed by atoms with van der Waals surface area (Å²) in [6, 6.07) is 9.23. The topological polar surface area (TPSA) is 30.9 Å². The number of fused-ring (bicyclic) bond motifs is 5. The normalized spacial score (nSPS) is 13.8. The zero-order valence-electron chi connectivity index (χ0n) is 13.6. The summed E-state index contributed by atoms with van der Waals surface area (Å²) in [6.07, 6.45) is -2.10. The zero-order valence-corrected chi connectivity index (χ0v) is 14.4. The Morgan fingerprint density at radius 1 is 1.31 bits per heavy atom. The highest BCUT2D eigenvalue weighted by Gasteiger charge is 2.42. The molecule has 3 heterocycles. The van der Waals surface area contributed by atoms with Crippen LogP contribution in [0.1, 0.15) is 11.3 Å². The van der Waals surface area contributed by atoms with E-state index in [1.54, 1.807) is 13.1 Å². The quantitative estimate of drug-likeness (QED) is 0.505. The smallest absolute Gasteiger partial charge is 0.415 e. The lowest BCUT2D eigenvalue weighted by atomic mass is 10.2. The zero-order chi connectivity index (χ0) is 18.5. The van der Waals surface area contributed by atoms with Crippen molar-refractivity contribution in [2.24, 2.45) is 0 Å². The summed E-state index contributed by atoms with van der Waals surface area (Å²) >= 11 is 1.53. The van der Waals surface area contributed by atoms with E-state index in [0.29, 0.717) is 17.3 Å². The van der Waals surface area contributed by atoms with E-state index in [2.05, 4.69) is 4.98 Å². The van der Waals surface area contributed by atoms with Gasteiger partial charge in [0.15, 0.2) is 17.6 Å². The molecular weight excluding hydrogens is 370 g/mol. The maximum absolute atomic E-state index is 13.1. The van der Waals surface area contributed by atoms with Gasteiger partial charge in [0, 0.05) is 23.6 Å². The predicted molar refractivity (Wildman–Crippen MR) is 89.1 cm³/mol. The second kappa shape index (κ2) is 6.15. The number of hydrogen-bond acceptors (Lipinski definition) is 3.